The van der Waals surface area contributed by atoms with Crippen LogP contribution in [0.15, 0.2) is 21.1 Å². The number of aliphatic carboxylic acids is 4. The molecule has 178 valence electrons. The van der Waals surface area contributed by atoms with Crippen molar-refractivity contribution in [1.82, 2.24) is 5.32 Å². The summed E-state index contributed by atoms with van der Waals surface area (Å²) in [5.74, 6) is -7.24. The highest BCUT2D eigenvalue weighted by molar-refractivity contribution is 9.13. The van der Waals surface area contributed by atoms with Gasteiger partial charge in [0.05, 0.1) is 11.1 Å². The second-order valence-corrected chi connectivity index (χ2v) is 10.0. The van der Waals surface area contributed by atoms with Crippen molar-refractivity contribution in [2.75, 3.05) is 0 Å². The van der Waals surface area contributed by atoms with Crippen molar-refractivity contribution in [2.24, 2.45) is 11.5 Å². The van der Waals surface area contributed by atoms with Crippen molar-refractivity contribution in [3.63, 3.8) is 0 Å². The van der Waals surface area contributed by atoms with Crippen LogP contribution in [0.25, 0.3) is 11.1 Å². The lowest BCUT2D eigenvalue weighted by Gasteiger charge is -2.39. The second kappa shape index (κ2) is 10.2. The molecule has 0 radical (unpaired) electrons. The van der Waals surface area contributed by atoms with Gasteiger partial charge in [0.15, 0.2) is 8.65 Å². The predicted octanol–water partition coefficient (Wildman–Crippen LogP) is -0.134. The van der Waals surface area contributed by atoms with E-state index in [4.69, 9.17) is 0 Å². The van der Waals surface area contributed by atoms with Crippen LogP contribution >= 0.6 is 63.7 Å². The highest BCUT2D eigenvalue weighted by Gasteiger charge is 2.68. The van der Waals surface area contributed by atoms with Gasteiger partial charge in [-0.15, -0.1) is 0 Å². The molecule has 0 aliphatic heterocycles. The highest BCUT2D eigenvalue weighted by Crippen LogP contribution is 2.51. The minimum Gasteiger partial charge on any atom is -0.480 e. The lowest BCUT2D eigenvalue weighted by molar-refractivity contribution is -0.147. The molecule has 0 spiro atoms. The SMILES string of the molecule is NC(=O)NC(N)=O.O=C(O)C1=c2cc(Br)c(Br)cc2=C(C(=O)O)C(Br)(C(=O)O)C1(Br)C(=O)O. The summed E-state index contributed by atoms with van der Waals surface area (Å²) >= 11 is 11.7. The fraction of sp³-hybridized carbons (Fsp3) is 0.125. The third kappa shape index (κ3) is 5.04. The minimum atomic E-state index is -2.81. The summed E-state index contributed by atoms with van der Waals surface area (Å²) in [5, 5.41) is 39.8. The first-order chi connectivity index (χ1) is 14.9. The smallest absolute Gasteiger partial charge is 0.334 e. The van der Waals surface area contributed by atoms with E-state index in [1.54, 1.807) is 5.32 Å². The average Bonchev–Trinajstić information content (AvgIpc) is 2.62. The first-order valence-electron chi connectivity index (χ1n) is 7.86. The number of halogens is 4. The van der Waals surface area contributed by atoms with Crippen LogP contribution in [0.1, 0.15) is 0 Å². The van der Waals surface area contributed by atoms with Crippen LogP contribution < -0.4 is 27.2 Å². The molecular weight excluding hydrogens is 714 g/mol. The lowest BCUT2D eigenvalue weighted by Crippen LogP contribution is -2.65. The molecule has 13 nitrogen and oxygen atoms in total. The Kier molecular flexibility index (Phi) is 8.81. The molecule has 1 aromatic rings. The Morgan fingerprint density at radius 1 is 0.697 bits per heavy atom. The maximum absolute atomic E-state index is 12.0. The van der Waals surface area contributed by atoms with Crippen molar-refractivity contribution >= 4 is 111 Å². The van der Waals surface area contributed by atoms with E-state index in [-0.39, 0.29) is 10.4 Å². The molecule has 1 aromatic carbocycles. The number of rotatable bonds is 4. The number of fused-ring (bicyclic) bond motifs is 1. The largest absolute Gasteiger partial charge is 0.480 e. The first-order valence-corrected chi connectivity index (χ1v) is 11.0. The van der Waals surface area contributed by atoms with E-state index in [0.29, 0.717) is 8.95 Å². The molecule has 1 aliphatic carbocycles. The van der Waals surface area contributed by atoms with Gasteiger partial charge in [-0.25, -0.2) is 19.2 Å². The Labute approximate surface area is 216 Å². The number of carbonyl (C=O) groups is 6. The van der Waals surface area contributed by atoms with Crippen molar-refractivity contribution in [1.29, 1.82) is 0 Å². The predicted molar refractivity (Wildman–Crippen MR) is 124 cm³/mol. The van der Waals surface area contributed by atoms with Gasteiger partial charge >= 0.3 is 35.9 Å². The molecule has 2 atom stereocenters. The molecule has 1 aliphatic rings. The first kappa shape index (κ1) is 28.5. The van der Waals surface area contributed by atoms with Gasteiger partial charge in [0.25, 0.3) is 0 Å². The molecule has 4 amide bonds. The molecule has 0 fully saturated rings. The molecule has 9 N–H and O–H groups in total. The van der Waals surface area contributed by atoms with Gasteiger partial charge in [-0.05, 0) is 54.4 Å². The molecule has 2 unspecified atom stereocenters. The summed E-state index contributed by atoms with van der Waals surface area (Å²) in [6.07, 6.45) is 0. The number of urea groups is 2. The summed E-state index contributed by atoms with van der Waals surface area (Å²) < 4.78 is -4.99. The average molecular weight is 725 g/mol. The van der Waals surface area contributed by atoms with Gasteiger partial charge in [0, 0.05) is 8.95 Å². The van der Waals surface area contributed by atoms with Crippen LogP contribution in [0.4, 0.5) is 9.59 Å². The molecule has 0 aromatic heterocycles. The maximum Gasteiger partial charge on any atom is 0.334 e. The number of hydrogen-bond donors (Lipinski definition) is 7. The third-order valence-electron chi connectivity index (χ3n) is 4.03. The van der Waals surface area contributed by atoms with Crippen LogP contribution in [-0.2, 0) is 19.2 Å². The molecule has 0 saturated carbocycles. The number of carbonyl (C=O) groups excluding carboxylic acids is 2. The second-order valence-electron chi connectivity index (χ2n) is 5.95. The normalized spacial score (nSPS) is 21.1. The van der Waals surface area contributed by atoms with Crippen LogP contribution in [0.5, 0.6) is 0 Å². The van der Waals surface area contributed by atoms with Gasteiger partial charge in [-0.1, -0.05) is 31.9 Å². The number of primary amides is 2. The van der Waals surface area contributed by atoms with E-state index in [1.165, 1.54) is 12.1 Å². The Morgan fingerprint density at radius 2 is 0.970 bits per heavy atom. The van der Waals surface area contributed by atoms with Crippen LogP contribution in [0.2, 0.25) is 0 Å². The van der Waals surface area contributed by atoms with Crippen molar-refractivity contribution < 1.29 is 49.2 Å². The number of imide groups is 1. The zero-order chi connectivity index (χ0) is 26.0. The summed E-state index contributed by atoms with van der Waals surface area (Å²) in [5.41, 5.74) is 7.21. The summed E-state index contributed by atoms with van der Waals surface area (Å²) in [4.78, 5) is 67.0. The zero-order valence-corrected chi connectivity index (χ0v) is 21.9. The number of amides is 4. The molecule has 33 heavy (non-hydrogen) atoms. The lowest BCUT2D eigenvalue weighted by atomic mass is 9.74. The van der Waals surface area contributed by atoms with E-state index >= 15 is 0 Å². The van der Waals surface area contributed by atoms with E-state index in [1.807, 2.05) is 0 Å². The van der Waals surface area contributed by atoms with Gasteiger partial charge in [-0.3, -0.25) is 14.9 Å². The van der Waals surface area contributed by atoms with E-state index < -0.39 is 55.7 Å². The fourth-order valence-corrected chi connectivity index (χ4v) is 5.02. The summed E-state index contributed by atoms with van der Waals surface area (Å²) in [7, 11) is 0. The molecule has 0 heterocycles. The number of benzene rings is 1. The van der Waals surface area contributed by atoms with Gasteiger partial charge in [0.1, 0.15) is 0 Å². The van der Waals surface area contributed by atoms with Gasteiger partial charge in [-0.2, -0.15) is 0 Å². The monoisotopic (exact) mass is 721 g/mol. The van der Waals surface area contributed by atoms with Crippen LogP contribution in [-0.4, -0.2) is 65.0 Å². The summed E-state index contributed by atoms with van der Waals surface area (Å²) in [6, 6.07) is 0.540. The number of nitrogens with two attached hydrogens (primary N) is 2. The number of alkyl halides is 2. The fourth-order valence-electron chi connectivity index (χ4n) is 2.83. The highest BCUT2D eigenvalue weighted by atomic mass is 79.9. The number of hydrogen-bond acceptors (Lipinski definition) is 6. The number of carboxylic acids is 4. The Morgan fingerprint density at radius 3 is 1.12 bits per heavy atom. The third-order valence-corrected chi connectivity index (χ3v) is 9.06. The Bertz CT molecular complexity index is 1140. The Balaban J connectivity index is 0.000000675. The van der Waals surface area contributed by atoms with Gasteiger partial charge in [0.2, 0.25) is 0 Å². The molecule has 0 saturated heterocycles. The Hall–Kier alpha value is -2.50. The number of carboxylic acid groups (broad SMARTS) is 4. The standard InChI is InChI=1S/C14H6Br4O8.C2H5N3O2/c15-5-1-3-4(2-6(5)16)8(10(21)22)14(18,12(25)26)13(17,11(23)24)7(3)9(19)20;3-1(6)5-2(4)7/h1-2H,(H,19,20)(H,21,22)(H,23,24)(H,25,26);(H5,3,4,5,6,7). The minimum absolute atomic E-state index is 0.249. The van der Waals surface area contributed by atoms with E-state index in [9.17, 15) is 49.2 Å². The van der Waals surface area contributed by atoms with Crippen LogP contribution in [0.3, 0.4) is 0 Å². The summed E-state index contributed by atoms with van der Waals surface area (Å²) in [6.45, 7) is 0. The topological polar surface area (TPSA) is 247 Å². The van der Waals surface area contributed by atoms with Crippen molar-refractivity contribution in [2.45, 2.75) is 8.65 Å². The molecule has 17 heteroatoms. The molecule has 2 rings (SSSR count). The van der Waals surface area contributed by atoms with E-state index in [2.05, 4.69) is 75.2 Å². The van der Waals surface area contributed by atoms with Crippen molar-refractivity contribution in [3.8, 4) is 0 Å². The number of nitrogens with one attached hydrogen (secondary N) is 1. The van der Waals surface area contributed by atoms with Crippen molar-refractivity contribution in [3.05, 3.63) is 31.5 Å². The molecule has 0 bridgehead atoms. The van der Waals surface area contributed by atoms with Gasteiger partial charge < -0.3 is 31.9 Å². The van der Waals surface area contributed by atoms with E-state index in [0.717, 1.165) is 0 Å². The quantitative estimate of drug-likeness (QED) is 0.203. The molecular formula is C16H11Br4N3O10. The maximum atomic E-state index is 12.0. The zero-order valence-electron chi connectivity index (χ0n) is 15.6. The van der Waals surface area contributed by atoms with Crippen LogP contribution in [0, 0.1) is 0 Å².